The molecular formula is C31H32Cl2N6O3. The fourth-order valence-corrected chi connectivity index (χ4v) is 5.60. The predicted molar refractivity (Wildman–Crippen MR) is 166 cm³/mol. The maximum absolute atomic E-state index is 13.4. The summed E-state index contributed by atoms with van der Waals surface area (Å²) in [5.41, 5.74) is 3.74. The van der Waals surface area contributed by atoms with Crippen LogP contribution in [0.3, 0.4) is 0 Å². The summed E-state index contributed by atoms with van der Waals surface area (Å²) in [5, 5.41) is 5.12. The number of hydrogen-bond donors (Lipinski definition) is 0. The monoisotopic (exact) mass is 606 g/mol. The summed E-state index contributed by atoms with van der Waals surface area (Å²) in [6, 6.07) is 17.0. The van der Waals surface area contributed by atoms with Gasteiger partial charge in [0.2, 0.25) is 11.8 Å². The topological polar surface area (TPSA) is 82.1 Å². The molecule has 218 valence electrons. The lowest BCUT2D eigenvalue weighted by atomic mass is 10.1. The van der Waals surface area contributed by atoms with E-state index in [4.69, 9.17) is 27.9 Å². The van der Waals surface area contributed by atoms with Gasteiger partial charge in [0.05, 0.1) is 10.7 Å². The van der Waals surface area contributed by atoms with Crippen LogP contribution in [0.15, 0.2) is 67.0 Å². The molecule has 1 aliphatic rings. The van der Waals surface area contributed by atoms with E-state index >= 15 is 0 Å². The minimum atomic E-state index is -0.286. The number of para-hydroxylation sites is 1. The first-order valence-corrected chi connectivity index (χ1v) is 14.4. The molecule has 0 radical (unpaired) electrons. The van der Waals surface area contributed by atoms with E-state index in [1.807, 2.05) is 54.4 Å². The van der Waals surface area contributed by atoms with Gasteiger partial charge in [-0.3, -0.25) is 19.6 Å². The Labute approximate surface area is 255 Å². The van der Waals surface area contributed by atoms with Crippen LogP contribution in [-0.4, -0.2) is 71.6 Å². The number of pyridine rings is 2. The van der Waals surface area contributed by atoms with E-state index < -0.39 is 0 Å². The number of ether oxygens (including phenoxy) is 1. The quantitative estimate of drug-likeness (QED) is 0.266. The molecule has 1 aliphatic heterocycles. The Kier molecular flexibility index (Phi) is 9.11. The van der Waals surface area contributed by atoms with E-state index in [2.05, 4.69) is 14.9 Å². The second-order valence-electron chi connectivity index (χ2n) is 10.1. The first-order chi connectivity index (χ1) is 20.2. The Balaban J connectivity index is 1.28. The normalized spacial score (nSPS) is 13.7. The Morgan fingerprint density at radius 2 is 1.71 bits per heavy atom. The van der Waals surface area contributed by atoms with Crippen LogP contribution >= 0.6 is 23.2 Å². The maximum Gasteiger partial charge on any atom is 0.248 e. The van der Waals surface area contributed by atoms with Crippen LogP contribution in [0.5, 0.6) is 5.75 Å². The summed E-state index contributed by atoms with van der Waals surface area (Å²) >= 11 is 13.3. The number of carbonyl (C=O) groups is 2. The first kappa shape index (κ1) is 29.6. The lowest BCUT2D eigenvalue weighted by Crippen LogP contribution is -2.57. The number of aromatic nitrogens is 2. The van der Waals surface area contributed by atoms with Gasteiger partial charge in [0.15, 0.2) is 0 Å². The van der Waals surface area contributed by atoms with Crippen LogP contribution in [0.2, 0.25) is 10.0 Å². The Hall–Kier alpha value is -3.92. The van der Waals surface area contributed by atoms with Crippen molar-refractivity contribution < 1.29 is 14.3 Å². The Morgan fingerprint density at radius 3 is 2.43 bits per heavy atom. The van der Waals surface area contributed by atoms with Gasteiger partial charge in [-0.1, -0.05) is 41.4 Å². The lowest BCUT2D eigenvalue weighted by molar-refractivity contribution is -0.151. The molecule has 0 saturated carbocycles. The Morgan fingerprint density at radius 1 is 0.976 bits per heavy atom. The number of benzene rings is 2. The zero-order valence-corrected chi connectivity index (χ0v) is 25.3. The number of aryl methyl sites for hydroxylation is 1. The van der Waals surface area contributed by atoms with Crippen LogP contribution in [0, 0.1) is 6.92 Å². The number of amides is 2. The van der Waals surface area contributed by atoms with E-state index in [9.17, 15) is 9.59 Å². The van der Waals surface area contributed by atoms with Gasteiger partial charge in [-0.2, -0.15) is 0 Å². The third kappa shape index (κ3) is 6.43. The molecule has 5 rings (SSSR count). The van der Waals surface area contributed by atoms with Crippen molar-refractivity contribution in [2.24, 2.45) is 0 Å². The molecule has 42 heavy (non-hydrogen) atoms. The lowest BCUT2D eigenvalue weighted by Gasteiger charge is -2.41. The molecule has 0 bridgehead atoms. The number of anilines is 2. The molecule has 0 N–H and O–H groups in total. The molecule has 3 heterocycles. The molecule has 0 atom stereocenters. The standard InChI is InChI=1S/C31H32Cl2N6O3/c1-21-7-8-23-5-4-6-28(31(23)35-21)42-20-25-26(32)9-10-27(30(25)33)36(3)29(41)19-39(22(2)40)38-17-15-37(16-18-38)24-11-13-34-14-12-24/h4-14H,15-20H2,1-3H3. The molecule has 2 aromatic heterocycles. The first-order valence-electron chi connectivity index (χ1n) is 13.6. The van der Waals surface area contributed by atoms with Crippen LogP contribution in [0.4, 0.5) is 11.4 Å². The van der Waals surface area contributed by atoms with Gasteiger partial charge in [-0.05, 0) is 43.3 Å². The molecule has 1 fully saturated rings. The van der Waals surface area contributed by atoms with Crippen molar-refractivity contribution in [1.29, 1.82) is 0 Å². The van der Waals surface area contributed by atoms with Crippen molar-refractivity contribution in [3.8, 4) is 5.75 Å². The van der Waals surface area contributed by atoms with Crippen molar-refractivity contribution in [2.75, 3.05) is 49.6 Å². The van der Waals surface area contributed by atoms with Crippen molar-refractivity contribution in [1.82, 2.24) is 20.0 Å². The van der Waals surface area contributed by atoms with Crippen LogP contribution in [0.1, 0.15) is 18.2 Å². The second-order valence-corrected chi connectivity index (χ2v) is 10.9. The van der Waals surface area contributed by atoms with Gasteiger partial charge in [-0.15, -0.1) is 0 Å². The number of hydrogen-bond acceptors (Lipinski definition) is 7. The van der Waals surface area contributed by atoms with Crippen molar-refractivity contribution in [3.63, 3.8) is 0 Å². The zero-order chi connectivity index (χ0) is 29.8. The highest BCUT2D eigenvalue weighted by atomic mass is 35.5. The van der Waals surface area contributed by atoms with E-state index in [0.717, 1.165) is 35.4 Å². The molecule has 2 aromatic carbocycles. The fourth-order valence-electron chi connectivity index (χ4n) is 4.99. The van der Waals surface area contributed by atoms with Gasteiger partial charge in [0.1, 0.15) is 24.4 Å². The number of nitrogens with zero attached hydrogens (tertiary/aromatic N) is 6. The summed E-state index contributed by atoms with van der Waals surface area (Å²) in [6.45, 7) is 6.00. The number of rotatable bonds is 8. The molecular weight excluding hydrogens is 575 g/mol. The van der Waals surface area contributed by atoms with Crippen LogP contribution < -0.4 is 14.5 Å². The number of fused-ring (bicyclic) bond motifs is 1. The van der Waals surface area contributed by atoms with Gasteiger partial charge in [-0.25, -0.2) is 9.99 Å². The van der Waals surface area contributed by atoms with E-state index in [0.29, 0.717) is 40.1 Å². The predicted octanol–water partition coefficient (Wildman–Crippen LogP) is 5.37. The highest BCUT2D eigenvalue weighted by Crippen LogP contribution is 2.35. The summed E-state index contributed by atoms with van der Waals surface area (Å²) in [5.74, 6) is 0.121. The van der Waals surface area contributed by atoms with Gasteiger partial charge >= 0.3 is 0 Å². The average Bonchev–Trinajstić information content (AvgIpc) is 3.00. The molecule has 11 heteroatoms. The van der Waals surface area contributed by atoms with Gasteiger partial charge in [0.25, 0.3) is 0 Å². The average molecular weight is 608 g/mol. The summed E-state index contributed by atoms with van der Waals surface area (Å²) in [4.78, 5) is 38.4. The number of halogens is 2. The van der Waals surface area contributed by atoms with Crippen molar-refractivity contribution in [2.45, 2.75) is 20.5 Å². The van der Waals surface area contributed by atoms with Crippen LogP contribution in [0.25, 0.3) is 10.9 Å². The highest BCUT2D eigenvalue weighted by Gasteiger charge is 2.28. The minimum absolute atomic E-state index is 0.0869. The third-order valence-corrected chi connectivity index (χ3v) is 8.15. The molecule has 1 saturated heterocycles. The smallest absolute Gasteiger partial charge is 0.248 e. The fraction of sp³-hybridized carbons (Fsp3) is 0.290. The summed E-state index contributed by atoms with van der Waals surface area (Å²) in [7, 11) is 1.64. The summed E-state index contributed by atoms with van der Waals surface area (Å²) in [6.07, 6.45) is 3.53. The molecule has 0 spiro atoms. The van der Waals surface area contributed by atoms with Crippen molar-refractivity contribution >= 4 is 57.3 Å². The maximum atomic E-state index is 13.4. The number of piperazine rings is 1. The van der Waals surface area contributed by atoms with Crippen LogP contribution in [-0.2, 0) is 16.2 Å². The minimum Gasteiger partial charge on any atom is -0.487 e. The SMILES string of the molecule is CC(=O)N(CC(=O)N(C)c1ccc(Cl)c(COc2cccc3ccc(C)nc23)c1Cl)N1CCN(c2ccncc2)CC1. The molecule has 9 nitrogen and oxygen atoms in total. The largest absolute Gasteiger partial charge is 0.487 e. The van der Waals surface area contributed by atoms with Gasteiger partial charge in [0, 0.05) is 79.9 Å². The Bertz CT molecular complexity index is 1590. The van der Waals surface area contributed by atoms with E-state index in [1.165, 1.54) is 16.8 Å². The number of hydrazine groups is 1. The highest BCUT2D eigenvalue weighted by molar-refractivity contribution is 6.38. The molecule has 2 amide bonds. The molecule has 0 unspecified atom stereocenters. The number of carbonyl (C=O) groups excluding carboxylic acids is 2. The third-order valence-electron chi connectivity index (χ3n) is 7.37. The second kappa shape index (κ2) is 12.9. The van der Waals surface area contributed by atoms with E-state index in [1.54, 1.807) is 31.6 Å². The summed E-state index contributed by atoms with van der Waals surface area (Å²) < 4.78 is 6.13. The molecule has 4 aromatic rings. The van der Waals surface area contributed by atoms with Crippen molar-refractivity contribution in [3.05, 3.63) is 88.3 Å². The number of likely N-dealkylation sites (N-methyl/N-ethyl adjacent to an activating group) is 1. The van der Waals surface area contributed by atoms with Gasteiger partial charge < -0.3 is 14.5 Å². The van der Waals surface area contributed by atoms with E-state index in [-0.39, 0.29) is 25.0 Å². The molecule has 0 aliphatic carbocycles. The zero-order valence-electron chi connectivity index (χ0n) is 23.8.